The van der Waals surface area contributed by atoms with Crippen molar-refractivity contribution in [1.82, 2.24) is 14.5 Å². The van der Waals surface area contributed by atoms with E-state index in [4.69, 9.17) is 4.74 Å². The molecule has 7 heteroatoms. The van der Waals surface area contributed by atoms with Gasteiger partial charge < -0.3 is 14.5 Å². The zero-order valence-electron chi connectivity index (χ0n) is 27.5. The Morgan fingerprint density at radius 1 is 0.633 bits per heavy atom. The summed E-state index contributed by atoms with van der Waals surface area (Å²) in [4.78, 5) is 14.1. The summed E-state index contributed by atoms with van der Waals surface area (Å²) in [5.41, 5.74) is 9.56. The van der Waals surface area contributed by atoms with Crippen molar-refractivity contribution in [3.63, 3.8) is 0 Å². The maximum absolute atomic E-state index is 6.73. The van der Waals surface area contributed by atoms with Crippen molar-refractivity contribution in [2.24, 2.45) is 0 Å². The summed E-state index contributed by atoms with van der Waals surface area (Å²) in [6.45, 7) is 7.30. The number of anilines is 4. The van der Waals surface area contributed by atoms with Crippen LogP contribution in [-0.2, 0) is 0 Å². The van der Waals surface area contributed by atoms with E-state index >= 15 is 0 Å². The normalized spacial score (nSPS) is 12.6. The topological polar surface area (TPSA) is 46.4 Å². The third-order valence-electron chi connectivity index (χ3n) is 9.24. The van der Waals surface area contributed by atoms with Crippen molar-refractivity contribution >= 4 is 54.3 Å². The molecular formula is C42H33N5OS. The van der Waals surface area contributed by atoms with Gasteiger partial charge in [0.2, 0.25) is 0 Å². The second kappa shape index (κ2) is 11.6. The predicted molar refractivity (Wildman–Crippen MR) is 202 cm³/mol. The number of fused-ring (bicyclic) bond motifs is 4. The minimum absolute atomic E-state index is 0.693. The summed E-state index contributed by atoms with van der Waals surface area (Å²) in [5, 5.41) is 2.50. The van der Waals surface area contributed by atoms with E-state index in [0.29, 0.717) is 6.67 Å². The van der Waals surface area contributed by atoms with Crippen LogP contribution in [0.5, 0.6) is 11.5 Å². The van der Waals surface area contributed by atoms with Crippen LogP contribution in [-0.4, -0.2) is 21.2 Å². The van der Waals surface area contributed by atoms with E-state index in [0.717, 1.165) is 34.4 Å². The van der Waals surface area contributed by atoms with Gasteiger partial charge in [0.15, 0.2) is 0 Å². The van der Waals surface area contributed by atoms with Gasteiger partial charge in [0.05, 0.1) is 17.1 Å². The molecule has 1 aliphatic heterocycles. The SMILES string of the molecule is Cc1cc(C)c(N2CN(c3cc(Oc4cccc(-c5nccn5-c5ccccn5)c4)cc4sc5ccccc5c34)c3ccccc32)c(C)c1. The highest BCUT2D eigenvalue weighted by Gasteiger charge is 2.31. The predicted octanol–water partition coefficient (Wildman–Crippen LogP) is 11.3. The van der Waals surface area contributed by atoms with Crippen molar-refractivity contribution in [2.45, 2.75) is 20.8 Å². The molecule has 5 aromatic carbocycles. The van der Waals surface area contributed by atoms with Crippen LogP contribution >= 0.6 is 11.3 Å². The highest BCUT2D eigenvalue weighted by molar-refractivity contribution is 7.26. The summed E-state index contributed by atoms with van der Waals surface area (Å²) in [6, 6.07) is 40.4. The largest absolute Gasteiger partial charge is 0.457 e. The Labute approximate surface area is 289 Å². The molecule has 4 heterocycles. The summed E-state index contributed by atoms with van der Waals surface area (Å²) >= 11 is 1.80. The maximum atomic E-state index is 6.73. The summed E-state index contributed by atoms with van der Waals surface area (Å²) in [5.74, 6) is 3.16. The van der Waals surface area contributed by atoms with E-state index in [1.165, 1.54) is 53.9 Å². The van der Waals surface area contributed by atoms with Crippen LogP contribution in [0.4, 0.5) is 22.7 Å². The number of benzene rings is 5. The Morgan fingerprint density at radius 2 is 1.41 bits per heavy atom. The average molecular weight is 656 g/mol. The number of aromatic nitrogens is 3. The zero-order chi connectivity index (χ0) is 33.1. The number of thiophene rings is 1. The molecule has 238 valence electrons. The summed E-state index contributed by atoms with van der Waals surface area (Å²) in [7, 11) is 0. The molecule has 0 saturated carbocycles. The number of para-hydroxylation sites is 2. The number of hydrogen-bond acceptors (Lipinski definition) is 6. The molecule has 0 unspecified atom stereocenters. The van der Waals surface area contributed by atoms with Gasteiger partial charge in [-0.1, -0.05) is 66.2 Å². The lowest BCUT2D eigenvalue weighted by Gasteiger charge is -2.26. The molecule has 0 atom stereocenters. The molecule has 6 nitrogen and oxygen atoms in total. The minimum Gasteiger partial charge on any atom is -0.457 e. The average Bonchev–Trinajstić information content (AvgIpc) is 3.84. The quantitative estimate of drug-likeness (QED) is 0.178. The fraction of sp³-hybridized carbons (Fsp3) is 0.0952. The van der Waals surface area contributed by atoms with Crippen molar-refractivity contribution in [1.29, 1.82) is 0 Å². The van der Waals surface area contributed by atoms with E-state index in [2.05, 4.69) is 119 Å². The van der Waals surface area contributed by atoms with Gasteiger partial charge >= 0.3 is 0 Å². The zero-order valence-corrected chi connectivity index (χ0v) is 28.3. The van der Waals surface area contributed by atoms with Crippen molar-refractivity contribution in [3.8, 4) is 28.7 Å². The van der Waals surface area contributed by atoms with E-state index in [1.807, 2.05) is 47.2 Å². The van der Waals surface area contributed by atoms with Crippen LogP contribution in [0.3, 0.4) is 0 Å². The van der Waals surface area contributed by atoms with Crippen LogP contribution < -0.4 is 14.5 Å². The van der Waals surface area contributed by atoms with Gasteiger partial charge in [-0.05, 0) is 80.4 Å². The molecule has 9 rings (SSSR count). The van der Waals surface area contributed by atoms with Gasteiger partial charge in [0, 0.05) is 56.1 Å². The monoisotopic (exact) mass is 655 g/mol. The smallest absolute Gasteiger partial charge is 0.145 e. The molecule has 3 aromatic heterocycles. The lowest BCUT2D eigenvalue weighted by molar-refractivity contribution is 0.484. The number of imidazole rings is 1. The molecule has 49 heavy (non-hydrogen) atoms. The lowest BCUT2D eigenvalue weighted by Crippen LogP contribution is -2.25. The lowest BCUT2D eigenvalue weighted by atomic mass is 10.0. The Balaban J connectivity index is 1.16. The standard InChI is InChI=1S/C42H33N5OS/c1-27-21-28(2)41(29(3)22-27)47-26-46(34-14-5-6-15-35(34)47)36-24-32(25-38-40(36)33-13-4-7-16-37(33)49-38)48-31-12-10-11-30(23-31)42-44-19-20-45(42)39-17-8-9-18-43-39/h4-25H,26H2,1-3H3. The first-order chi connectivity index (χ1) is 24.0. The number of aryl methyl sites for hydroxylation is 3. The fourth-order valence-electron chi connectivity index (χ4n) is 7.32. The molecular weight excluding hydrogens is 623 g/mol. The second-order valence-corrected chi connectivity index (χ2v) is 13.7. The second-order valence-electron chi connectivity index (χ2n) is 12.6. The van der Waals surface area contributed by atoms with Crippen molar-refractivity contribution in [3.05, 3.63) is 151 Å². The Kier molecular flexibility index (Phi) is 6.95. The molecule has 0 N–H and O–H groups in total. The summed E-state index contributed by atoms with van der Waals surface area (Å²) < 4.78 is 11.2. The van der Waals surface area contributed by atoms with Gasteiger partial charge in [0.1, 0.15) is 29.8 Å². The van der Waals surface area contributed by atoms with E-state index in [1.54, 1.807) is 23.7 Å². The Bertz CT molecular complexity index is 2490. The Morgan fingerprint density at radius 3 is 2.22 bits per heavy atom. The third kappa shape index (κ3) is 5.02. The van der Waals surface area contributed by atoms with Crippen LogP contribution in [0.1, 0.15) is 16.7 Å². The van der Waals surface area contributed by atoms with Gasteiger partial charge in [0.25, 0.3) is 0 Å². The number of nitrogens with zero attached hydrogens (tertiary/aromatic N) is 5. The molecule has 0 amide bonds. The summed E-state index contributed by atoms with van der Waals surface area (Å²) in [6.07, 6.45) is 5.53. The van der Waals surface area contributed by atoms with E-state index in [9.17, 15) is 0 Å². The third-order valence-corrected chi connectivity index (χ3v) is 10.4. The minimum atomic E-state index is 0.693. The molecule has 0 fully saturated rings. The number of pyridine rings is 1. The van der Waals surface area contributed by atoms with Gasteiger partial charge in [-0.25, -0.2) is 9.97 Å². The van der Waals surface area contributed by atoms with Gasteiger partial charge in [-0.2, -0.15) is 0 Å². The molecule has 0 bridgehead atoms. The molecule has 0 saturated heterocycles. The Hall–Kier alpha value is -5.92. The van der Waals surface area contributed by atoms with Crippen molar-refractivity contribution in [2.75, 3.05) is 16.5 Å². The number of ether oxygens (including phenoxy) is 1. The maximum Gasteiger partial charge on any atom is 0.145 e. The first kappa shape index (κ1) is 29.2. The van der Waals surface area contributed by atoms with Gasteiger partial charge in [-0.3, -0.25) is 4.57 Å². The molecule has 0 aliphatic carbocycles. The van der Waals surface area contributed by atoms with E-state index < -0.39 is 0 Å². The fourth-order valence-corrected chi connectivity index (χ4v) is 8.48. The number of hydrogen-bond donors (Lipinski definition) is 0. The highest BCUT2D eigenvalue weighted by atomic mass is 32.1. The van der Waals surface area contributed by atoms with Crippen molar-refractivity contribution < 1.29 is 4.74 Å². The highest BCUT2D eigenvalue weighted by Crippen LogP contribution is 2.51. The first-order valence-corrected chi connectivity index (χ1v) is 17.2. The van der Waals surface area contributed by atoms with Crippen LogP contribution in [0.2, 0.25) is 0 Å². The number of rotatable bonds is 6. The van der Waals surface area contributed by atoms with Crippen LogP contribution in [0.15, 0.2) is 134 Å². The van der Waals surface area contributed by atoms with Crippen LogP contribution in [0, 0.1) is 20.8 Å². The van der Waals surface area contributed by atoms with Gasteiger partial charge in [-0.15, -0.1) is 11.3 Å². The molecule has 1 aliphatic rings. The first-order valence-electron chi connectivity index (χ1n) is 16.4. The molecule has 0 radical (unpaired) electrons. The van der Waals surface area contributed by atoms with E-state index in [-0.39, 0.29) is 0 Å². The molecule has 8 aromatic rings. The molecule has 0 spiro atoms. The van der Waals surface area contributed by atoms with Crippen LogP contribution in [0.25, 0.3) is 37.4 Å².